The average Bonchev–Trinajstić information content (AvgIpc) is 2.75. The van der Waals surface area contributed by atoms with Gasteiger partial charge in [-0.1, -0.05) is 41.9 Å². The lowest BCUT2D eigenvalue weighted by Crippen LogP contribution is -2.29. The molecule has 0 aliphatic carbocycles. The fourth-order valence-corrected chi connectivity index (χ4v) is 3.08. The van der Waals surface area contributed by atoms with E-state index in [-0.39, 0.29) is 13.0 Å². The Morgan fingerprint density at radius 3 is 2.34 bits per heavy atom. The molecule has 2 rings (SSSR count). The number of benzene rings is 2. The first-order valence-corrected chi connectivity index (χ1v) is 10.6. The highest BCUT2D eigenvalue weighted by atomic mass is 35.5. The predicted octanol–water partition coefficient (Wildman–Crippen LogP) is 4.90. The number of carbonyl (C=O) groups is 2. The van der Waals surface area contributed by atoms with Crippen LogP contribution >= 0.6 is 11.6 Å². The van der Waals surface area contributed by atoms with Gasteiger partial charge in [0, 0.05) is 11.6 Å². The lowest BCUT2D eigenvalue weighted by molar-refractivity contribution is -0.201. The Balaban J connectivity index is 1.55. The van der Waals surface area contributed by atoms with Crippen molar-refractivity contribution in [3.8, 4) is 5.75 Å². The molecular weight excluding hydrogens is 447 g/mol. The number of carbonyl (C=O) groups excluding carboxylic acids is 2. The van der Waals surface area contributed by atoms with Gasteiger partial charge in [-0.3, -0.25) is 4.79 Å². The zero-order chi connectivity index (χ0) is 23.4. The van der Waals surface area contributed by atoms with Gasteiger partial charge in [0.1, 0.15) is 5.75 Å². The molecule has 0 aromatic heterocycles. The van der Waals surface area contributed by atoms with Crippen molar-refractivity contribution in [3.63, 3.8) is 0 Å². The van der Waals surface area contributed by atoms with Crippen molar-refractivity contribution in [2.75, 3.05) is 19.7 Å². The third kappa shape index (κ3) is 9.70. The van der Waals surface area contributed by atoms with Crippen LogP contribution in [0.25, 0.3) is 0 Å². The first-order valence-electron chi connectivity index (χ1n) is 10.2. The summed E-state index contributed by atoms with van der Waals surface area (Å²) in [5.41, 5.74) is 2.22. The van der Waals surface area contributed by atoms with Crippen LogP contribution in [0.4, 0.5) is 13.2 Å². The van der Waals surface area contributed by atoms with Gasteiger partial charge in [0.2, 0.25) is 0 Å². The van der Waals surface area contributed by atoms with E-state index in [4.69, 9.17) is 16.3 Å². The summed E-state index contributed by atoms with van der Waals surface area (Å²) >= 11 is 6.14. The van der Waals surface area contributed by atoms with E-state index in [0.717, 1.165) is 47.6 Å². The number of hydrogen-bond donors (Lipinski definition) is 1. The van der Waals surface area contributed by atoms with Crippen molar-refractivity contribution in [1.29, 1.82) is 0 Å². The minimum atomic E-state index is -5.17. The Kier molecular flexibility index (Phi) is 10.5. The maximum atomic E-state index is 12.0. The fraction of sp³-hybridized carbons (Fsp3) is 0.391. The van der Waals surface area contributed by atoms with Crippen molar-refractivity contribution in [2.45, 2.75) is 38.3 Å². The summed E-state index contributed by atoms with van der Waals surface area (Å²) in [7, 11) is 0. The third-order valence-electron chi connectivity index (χ3n) is 4.50. The van der Waals surface area contributed by atoms with Crippen molar-refractivity contribution in [3.05, 3.63) is 64.7 Å². The molecule has 5 nitrogen and oxygen atoms in total. The van der Waals surface area contributed by atoms with E-state index in [0.29, 0.717) is 13.2 Å². The van der Waals surface area contributed by atoms with Crippen LogP contribution in [0.1, 0.15) is 30.4 Å². The molecule has 0 amide bonds. The minimum Gasteiger partial charge on any atom is -0.494 e. The molecule has 0 radical (unpaired) electrons. The van der Waals surface area contributed by atoms with Gasteiger partial charge in [0.25, 0.3) is 0 Å². The van der Waals surface area contributed by atoms with Crippen molar-refractivity contribution >= 4 is 23.5 Å². The quantitative estimate of drug-likeness (QED) is 0.271. The molecule has 2 aromatic rings. The largest absolute Gasteiger partial charge is 0.494 e. The first kappa shape index (κ1) is 25.7. The Labute approximate surface area is 189 Å². The summed E-state index contributed by atoms with van der Waals surface area (Å²) < 4.78 is 45.4. The molecular formula is C23H25ClF3NO4. The van der Waals surface area contributed by atoms with Gasteiger partial charge in [-0.2, -0.15) is 13.2 Å². The van der Waals surface area contributed by atoms with Crippen LogP contribution in [-0.4, -0.2) is 37.8 Å². The molecule has 174 valence electrons. The van der Waals surface area contributed by atoms with E-state index in [2.05, 4.69) is 10.1 Å². The number of esters is 2. The number of rotatable bonds is 12. The third-order valence-corrected chi connectivity index (χ3v) is 4.87. The molecule has 1 N–H and O–H groups in total. The van der Waals surface area contributed by atoms with E-state index in [9.17, 15) is 22.8 Å². The Bertz CT molecular complexity index is 872. The topological polar surface area (TPSA) is 64.6 Å². The fourth-order valence-electron chi connectivity index (χ4n) is 2.85. The summed E-state index contributed by atoms with van der Waals surface area (Å²) in [4.78, 5) is 21.7. The van der Waals surface area contributed by atoms with Gasteiger partial charge in [-0.25, -0.2) is 4.79 Å². The molecule has 0 atom stereocenters. The molecule has 0 heterocycles. The van der Waals surface area contributed by atoms with E-state index >= 15 is 0 Å². The number of ether oxygens (including phenoxy) is 2. The van der Waals surface area contributed by atoms with Gasteiger partial charge in [-0.05, 0) is 61.6 Å². The first-order chi connectivity index (χ1) is 15.3. The number of hydrogen-bond acceptors (Lipinski definition) is 5. The summed E-state index contributed by atoms with van der Waals surface area (Å²) in [6, 6.07) is 15.5. The lowest BCUT2D eigenvalue weighted by atomic mass is 10.1. The molecule has 0 unspecified atom stereocenters. The van der Waals surface area contributed by atoms with Gasteiger partial charge in [-0.15, -0.1) is 0 Å². The molecule has 0 fully saturated rings. The molecule has 2 aromatic carbocycles. The predicted molar refractivity (Wildman–Crippen MR) is 115 cm³/mol. The Hall–Kier alpha value is -2.58. The summed E-state index contributed by atoms with van der Waals surface area (Å²) in [5, 5.41) is 3.70. The Morgan fingerprint density at radius 1 is 0.938 bits per heavy atom. The molecule has 0 bridgehead atoms. The number of alkyl halides is 3. The summed E-state index contributed by atoms with van der Waals surface area (Å²) in [6.45, 7) is 1.29. The van der Waals surface area contributed by atoms with Crippen LogP contribution in [-0.2, 0) is 27.2 Å². The Morgan fingerprint density at radius 2 is 1.66 bits per heavy atom. The highest BCUT2D eigenvalue weighted by Gasteiger charge is 2.42. The van der Waals surface area contributed by atoms with Crippen molar-refractivity contribution in [1.82, 2.24) is 5.32 Å². The smallest absolute Gasteiger partial charge is 0.491 e. The van der Waals surface area contributed by atoms with Crippen LogP contribution in [0.15, 0.2) is 48.5 Å². The van der Waals surface area contributed by atoms with Crippen LogP contribution in [0.2, 0.25) is 5.02 Å². The van der Waals surface area contributed by atoms with Gasteiger partial charge in [0.15, 0.2) is 0 Å². The normalized spacial score (nSPS) is 11.2. The molecule has 9 heteroatoms. The SMILES string of the molecule is O=C(CCNCCCc1ccc(OCCCc2ccccc2Cl)cc1)OC(=O)C(F)(F)F. The minimum absolute atomic E-state index is 0.130. The number of nitrogens with one attached hydrogen (secondary N) is 1. The highest BCUT2D eigenvalue weighted by molar-refractivity contribution is 6.31. The van der Waals surface area contributed by atoms with Crippen molar-refractivity contribution < 1.29 is 32.2 Å². The maximum Gasteiger partial charge on any atom is 0.491 e. The zero-order valence-corrected chi connectivity index (χ0v) is 18.2. The monoisotopic (exact) mass is 471 g/mol. The van der Waals surface area contributed by atoms with E-state index in [1.807, 2.05) is 48.5 Å². The molecule has 0 aliphatic heterocycles. The van der Waals surface area contributed by atoms with Gasteiger partial charge < -0.3 is 14.8 Å². The van der Waals surface area contributed by atoms with Crippen LogP contribution < -0.4 is 10.1 Å². The number of aryl methyl sites for hydroxylation is 2. The second-order valence-electron chi connectivity index (χ2n) is 7.05. The van der Waals surface area contributed by atoms with Gasteiger partial charge >= 0.3 is 18.1 Å². The number of halogens is 4. The second-order valence-corrected chi connectivity index (χ2v) is 7.46. The van der Waals surface area contributed by atoms with E-state index in [1.54, 1.807) is 0 Å². The lowest BCUT2D eigenvalue weighted by Gasteiger charge is -2.09. The molecule has 0 saturated heterocycles. The molecule has 0 saturated carbocycles. The summed E-state index contributed by atoms with van der Waals surface area (Å²) in [5.74, 6) is -2.91. The van der Waals surface area contributed by atoms with E-state index in [1.165, 1.54) is 0 Å². The molecule has 0 spiro atoms. The second kappa shape index (κ2) is 13.1. The molecule has 32 heavy (non-hydrogen) atoms. The zero-order valence-electron chi connectivity index (χ0n) is 17.4. The average molecular weight is 472 g/mol. The summed E-state index contributed by atoms with van der Waals surface area (Å²) in [6.07, 6.45) is -2.22. The van der Waals surface area contributed by atoms with Crippen LogP contribution in [0, 0.1) is 0 Å². The maximum absolute atomic E-state index is 12.0. The van der Waals surface area contributed by atoms with Crippen molar-refractivity contribution in [2.24, 2.45) is 0 Å². The van der Waals surface area contributed by atoms with Gasteiger partial charge in [0.05, 0.1) is 13.0 Å². The van der Waals surface area contributed by atoms with Crippen LogP contribution in [0.5, 0.6) is 5.75 Å². The molecule has 0 aliphatic rings. The van der Waals surface area contributed by atoms with E-state index < -0.39 is 18.1 Å². The standard InChI is InChI=1S/C23H25ClF3NO4/c24-20-8-2-1-6-18(20)7-4-16-31-19-11-9-17(10-12-19)5-3-14-28-15-13-21(29)32-22(30)23(25,26)27/h1-2,6,8-12,28H,3-5,7,13-16H2. The van der Waals surface area contributed by atoms with Crippen LogP contribution in [0.3, 0.4) is 0 Å². The highest BCUT2D eigenvalue weighted by Crippen LogP contribution is 2.18.